The van der Waals surface area contributed by atoms with Gasteiger partial charge in [0.2, 0.25) is 5.91 Å². The van der Waals surface area contributed by atoms with Gasteiger partial charge < -0.3 is 4.90 Å². The molecule has 0 atom stereocenters. The van der Waals surface area contributed by atoms with E-state index in [1.807, 2.05) is 4.90 Å². The summed E-state index contributed by atoms with van der Waals surface area (Å²) in [5.41, 5.74) is 0. The predicted molar refractivity (Wildman–Crippen MR) is 51.5 cm³/mol. The van der Waals surface area contributed by atoms with E-state index >= 15 is 0 Å². The molecule has 1 heterocycles. The molecule has 0 N–H and O–H groups in total. The summed E-state index contributed by atoms with van der Waals surface area (Å²) < 4.78 is 0. The Morgan fingerprint density at radius 1 is 1.15 bits per heavy atom. The third-order valence-electron chi connectivity index (χ3n) is 3.35. The Morgan fingerprint density at radius 2 is 1.77 bits per heavy atom. The summed E-state index contributed by atoms with van der Waals surface area (Å²) in [6, 6.07) is 0.842. The van der Waals surface area contributed by atoms with Crippen molar-refractivity contribution in [2.45, 2.75) is 32.2 Å². The number of hydrogen-bond acceptors (Lipinski definition) is 2. The summed E-state index contributed by atoms with van der Waals surface area (Å²) in [5.74, 6) is 0.230. The monoisotopic (exact) mass is 182 g/mol. The molecule has 2 fully saturated rings. The van der Waals surface area contributed by atoms with E-state index in [2.05, 4.69) is 4.90 Å². The lowest BCUT2D eigenvalue weighted by molar-refractivity contribution is -0.131. The first-order valence-corrected chi connectivity index (χ1v) is 5.27. The Bertz CT molecular complexity index is 193. The number of carbonyl (C=O) groups is 1. The summed E-state index contributed by atoms with van der Waals surface area (Å²) in [6.45, 7) is 5.71. The van der Waals surface area contributed by atoms with Gasteiger partial charge in [0.15, 0.2) is 0 Å². The van der Waals surface area contributed by atoms with Crippen molar-refractivity contribution in [3.05, 3.63) is 0 Å². The maximum Gasteiger partial charge on any atom is 0.219 e. The highest BCUT2D eigenvalue weighted by Crippen LogP contribution is 2.25. The van der Waals surface area contributed by atoms with Gasteiger partial charge in [-0.15, -0.1) is 0 Å². The highest BCUT2D eigenvalue weighted by molar-refractivity contribution is 5.73. The van der Waals surface area contributed by atoms with Crippen molar-refractivity contribution in [1.82, 2.24) is 9.80 Å². The summed E-state index contributed by atoms with van der Waals surface area (Å²) in [7, 11) is 0. The van der Waals surface area contributed by atoms with Gasteiger partial charge in [-0.05, 0) is 12.8 Å². The second kappa shape index (κ2) is 3.66. The van der Waals surface area contributed by atoms with Gasteiger partial charge in [0.25, 0.3) is 0 Å². The number of nitrogens with zero attached hydrogens (tertiary/aromatic N) is 2. The molecule has 0 aromatic heterocycles. The number of amides is 1. The first-order chi connectivity index (χ1) is 6.27. The molecule has 2 rings (SSSR count). The zero-order chi connectivity index (χ0) is 9.26. The van der Waals surface area contributed by atoms with E-state index in [1.165, 1.54) is 19.3 Å². The van der Waals surface area contributed by atoms with Crippen molar-refractivity contribution in [2.75, 3.05) is 26.2 Å². The topological polar surface area (TPSA) is 23.6 Å². The van der Waals surface area contributed by atoms with E-state index < -0.39 is 0 Å². The van der Waals surface area contributed by atoms with E-state index in [0.717, 1.165) is 32.2 Å². The molecule has 0 aromatic rings. The number of rotatable bonds is 1. The van der Waals surface area contributed by atoms with E-state index in [4.69, 9.17) is 0 Å². The Balaban J connectivity index is 1.78. The van der Waals surface area contributed by atoms with Crippen LogP contribution in [0.5, 0.6) is 0 Å². The molecule has 1 saturated carbocycles. The average Bonchev–Trinajstić information content (AvgIpc) is 2.02. The molecule has 1 aliphatic carbocycles. The lowest BCUT2D eigenvalue weighted by Crippen LogP contribution is -2.53. The van der Waals surface area contributed by atoms with Gasteiger partial charge in [0, 0.05) is 39.1 Å². The van der Waals surface area contributed by atoms with Gasteiger partial charge in [0.05, 0.1) is 0 Å². The van der Waals surface area contributed by atoms with Crippen molar-refractivity contribution in [1.29, 1.82) is 0 Å². The van der Waals surface area contributed by atoms with Gasteiger partial charge in [-0.2, -0.15) is 0 Å². The van der Waals surface area contributed by atoms with Crippen LogP contribution in [0.4, 0.5) is 0 Å². The lowest BCUT2D eigenvalue weighted by atomic mass is 9.91. The Kier molecular flexibility index (Phi) is 2.54. The fraction of sp³-hybridized carbons (Fsp3) is 0.900. The van der Waals surface area contributed by atoms with Crippen LogP contribution in [0, 0.1) is 0 Å². The largest absolute Gasteiger partial charge is 0.340 e. The molecule has 3 heteroatoms. The Morgan fingerprint density at radius 3 is 2.15 bits per heavy atom. The van der Waals surface area contributed by atoms with Crippen LogP contribution < -0.4 is 0 Å². The fourth-order valence-corrected chi connectivity index (χ4v) is 2.15. The molecule has 0 bridgehead atoms. The summed E-state index contributed by atoms with van der Waals surface area (Å²) >= 11 is 0. The zero-order valence-electron chi connectivity index (χ0n) is 8.33. The molecule has 13 heavy (non-hydrogen) atoms. The minimum absolute atomic E-state index is 0.230. The first-order valence-electron chi connectivity index (χ1n) is 5.27. The molecular formula is C10H18N2O. The van der Waals surface area contributed by atoms with Gasteiger partial charge in [-0.3, -0.25) is 9.69 Å². The van der Waals surface area contributed by atoms with E-state index in [1.54, 1.807) is 6.92 Å². The standard InChI is InChI=1S/C10H18N2O/c1-9(13)11-5-7-12(8-6-11)10-3-2-4-10/h10H,2-8H2,1H3. The van der Waals surface area contributed by atoms with Crippen LogP contribution in [0.15, 0.2) is 0 Å². The molecule has 1 amide bonds. The van der Waals surface area contributed by atoms with Gasteiger partial charge in [-0.25, -0.2) is 0 Å². The molecule has 74 valence electrons. The smallest absolute Gasteiger partial charge is 0.219 e. The Hall–Kier alpha value is -0.570. The molecule has 1 aliphatic heterocycles. The van der Waals surface area contributed by atoms with Crippen LogP contribution in [0.25, 0.3) is 0 Å². The quantitative estimate of drug-likeness (QED) is 0.596. The Labute approximate surface area is 79.7 Å². The number of piperazine rings is 1. The molecule has 3 nitrogen and oxygen atoms in total. The molecular weight excluding hydrogens is 164 g/mol. The van der Waals surface area contributed by atoms with Crippen molar-refractivity contribution in [3.63, 3.8) is 0 Å². The minimum atomic E-state index is 0.230. The van der Waals surface area contributed by atoms with Crippen LogP contribution in [0.1, 0.15) is 26.2 Å². The van der Waals surface area contributed by atoms with E-state index in [0.29, 0.717) is 0 Å². The van der Waals surface area contributed by atoms with Crippen LogP contribution >= 0.6 is 0 Å². The minimum Gasteiger partial charge on any atom is -0.340 e. The normalized spacial score (nSPS) is 25.8. The third-order valence-corrected chi connectivity index (χ3v) is 3.35. The molecule has 0 spiro atoms. The van der Waals surface area contributed by atoms with Crippen molar-refractivity contribution >= 4 is 5.91 Å². The second-order valence-corrected chi connectivity index (χ2v) is 4.13. The SMILES string of the molecule is CC(=O)N1CCN(C2CCC2)CC1. The number of carbonyl (C=O) groups excluding carboxylic acids is 1. The van der Waals surface area contributed by atoms with Crippen LogP contribution in [-0.4, -0.2) is 47.9 Å². The maximum absolute atomic E-state index is 11.1. The summed E-state index contributed by atoms with van der Waals surface area (Å²) in [6.07, 6.45) is 4.15. The van der Waals surface area contributed by atoms with Crippen molar-refractivity contribution < 1.29 is 4.79 Å². The highest BCUT2D eigenvalue weighted by Gasteiger charge is 2.28. The molecule has 0 radical (unpaired) electrons. The van der Waals surface area contributed by atoms with Gasteiger partial charge in [0.1, 0.15) is 0 Å². The third kappa shape index (κ3) is 1.85. The lowest BCUT2D eigenvalue weighted by Gasteiger charge is -2.42. The highest BCUT2D eigenvalue weighted by atomic mass is 16.2. The fourth-order valence-electron chi connectivity index (χ4n) is 2.15. The van der Waals surface area contributed by atoms with Crippen molar-refractivity contribution in [3.8, 4) is 0 Å². The van der Waals surface area contributed by atoms with Crippen LogP contribution in [-0.2, 0) is 4.79 Å². The maximum atomic E-state index is 11.1. The van der Waals surface area contributed by atoms with Crippen molar-refractivity contribution in [2.24, 2.45) is 0 Å². The summed E-state index contributed by atoms with van der Waals surface area (Å²) in [5, 5.41) is 0. The van der Waals surface area contributed by atoms with E-state index in [-0.39, 0.29) is 5.91 Å². The number of hydrogen-bond donors (Lipinski definition) is 0. The van der Waals surface area contributed by atoms with Crippen LogP contribution in [0.2, 0.25) is 0 Å². The van der Waals surface area contributed by atoms with E-state index in [9.17, 15) is 4.79 Å². The van der Waals surface area contributed by atoms with Crippen LogP contribution in [0.3, 0.4) is 0 Å². The predicted octanol–water partition coefficient (Wildman–Crippen LogP) is 0.703. The summed E-state index contributed by atoms with van der Waals surface area (Å²) in [4.78, 5) is 15.6. The average molecular weight is 182 g/mol. The first kappa shape index (κ1) is 9.00. The van der Waals surface area contributed by atoms with Gasteiger partial charge in [-0.1, -0.05) is 6.42 Å². The second-order valence-electron chi connectivity index (χ2n) is 4.13. The molecule has 0 aromatic carbocycles. The van der Waals surface area contributed by atoms with Gasteiger partial charge >= 0.3 is 0 Å². The molecule has 1 saturated heterocycles. The zero-order valence-corrected chi connectivity index (χ0v) is 8.33. The molecule has 2 aliphatic rings. The molecule has 0 unspecified atom stereocenters.